The van der Waals surface area contributed by atoms with Crippen LogP contribution in [-0.2, 0) is 0 Å². The Balaban J connectivity index is 1.43. The van der Waals surface area contributed by atoms with E-state index in [2.05, 4.69) is 30.0 Å². The summed E-state index contributed by atoms with van der Waals surface area (Å²) in [5.41, 5.74) is 3.81. The van der Waals surface area contributed by atoms with E-state index in [0.717, 1.165) is 11.3 Å². The maximum Gasteiger partial charge on any atom is 0.387 e. The van der Waals surface area contributed by atoms with E-state index in [0.29, 0.717) is 60.0 Å². The van der Waals surface area contributed by atoms with Crippen LogP contribution >= 0.6 is 22.9 Å². The van der Waals surface area contributed by atoms with Crippen molar-refractivity contribution in [3.8, 4) is 33.9 Å². The van der Waals surface area contributed by atoms with Gasteiger partial charge in [-0.15, -0.1) is 0 Å². The van der Waals surface area contributed by atoms with Crippen molar-refractivity contribution < 1.29 is 23.0 Å². The quantitative estimate of drug-likeness (QED) is 0.241. The number of fused-ring (bicyclic) bond motifs is 1. The number of carbonyl (C=O) groups is 1. The van der Waals surface area contributed by atoms with Gasteiger partial charge < -0.3 is 9.47 Å². The molecule has 8 nitrogen and oxygen atoms in total. The summed E-state index contributed by atoms with van der Waals surface area (Å²) < 4.78 is 34.7. The van der Waals surface area contributed by atoms with Crippen LogP contribution in [0.2, 0.25) is 5.02 Å². The third kappa shape index (κ3) is 5.38. The van der Waals surface area contributed by atoms with Crippen molar-refractivity contribution >= 4 is 44.5 Å². The highest BCUT2D eigenvalue weighted by atomic mass is 35.5. The summed E-state index contributed by atoms with van der Waals surface area (Å²) in [4.78, 5) is 31.3. The molecule has 192 valence electrons. The molecule has 0 unspecified atom stereocenters. The van der Waals surface area contributed by atoms with E-state index < -0.39 is 12.5 Å². The first kappa shape index (κ1) is 25.4. The minimum absolute atomic E-state index is 0.0425. The summed E-state index contributed by atoms with van der Waals surface area (Å²) in [6.07, 6.45) is 3.01. The van der Waals surface area contributed by atoms with E-state index >= 15 is 0 Å². The van der Waals surface area contributed by atoms with Crippen molar-refractivity contribution in [3.63, 3.8) is 0 Å². The zero-order valence-electron chi connectivity index (χ0n) is 19.9. The van der Waals surface area contributed by atoms with Gasteiger partial charge in [-0.05, 0) is 55.5 Å². The van der Waals surface area contributed by atoms with Crippen molar-refractivity contribution in [1.82, 2.24) is 19.9 Å². The van der Waals surface area contributed by atoms with E-state index in [9.17, 15) is 13.6 Å². The van der Waals surface area contributed by atoms with Gasteiger partial charge in [-0.2, -0.15) is 13.8 Å². The van der Waals surface area contributed by atoms with Crippen molar-refractivity contribution in [1.29, 1.82) is 0 Å². The summed E-state index contributed by atoms with van der Waals surface area (Å²) in [7, 11) is 1.54. The highest BCUT2D eigenvalue weighted by Gasteiger charge is 2.19. The second kappa shape index (κ2) is 10.6. The zero-order chi connectivity index (χ0) is 26.8. The number of ether oxygens (including phenoxy) is 2. The number of benzene rings is 2. The number of nitrogens with one attached hydrogen (secondary N) is 1. The van der Waals surface area contributed by atoms with Crippen LogP contribution in [0.5, 0.6) is 11.5 Å². The highest BCUT2D eigenvalue weighted by molar-refractivity contribution is 7.21. The summed E-state index contributed by atoms with van der Waals surface area (Å²) in [5, 5.41) is 3.60. The van der Waals surface area contributed by atoms with Crippen LogP contribution < -0.4 is 14.8 Å². The lowest BCUT2D eigenvalue weighted by Crippen LogP contribution is -2.14. The van der Waals surface area contributed by atoms with Gasteiger partial charge in [0.15, 0.2) is 15.6 Å². The molecule has 1 N–H and O–H groups in total. The average molecular weight is 554 g/mol. The monoisotopic (exact) mass is 553 g/mol. The number of pyridine rings is 1. The molecule has 0 spiro atoms. The molecule has 1 amide bonds. The van der Waals surface area contributed by atoms with E-state index in [4.69, 9.17) is 16.3 Å². The number of nitrogens with zero attached hydrogens (tertiary/aromatic N) is 4. The average Bonchev–Trinajstić information content (AvgIpc) is 3.30. The number of aryl methyl sites for hydroxylation is 1. The van der Waals surface area contributed by atoms with Crippen LogP contribution in [0.15, 0.2) is 60.9 Å². The molecule has 3 heterocycles. The van der Waals surface area contributed by atoms with Crippen LogP contribution in [0.4, 0.5) is 13.9 Å². The molecule has 0 fully saturated rings. The van der Waals surface area contributed by atoms with Crippen molar-refractivity contribution in [3.05, 3.63) is 77.2 Å². The molecule has 2 aromatic carbocycles. The fourth-order valence-corrected chi connectivity index (χ4v) is 4.70. The smallest absolute Gasteiger partial charge is 0.387 e. The fourth-order valence-electron chi connectivity index (χ4n) is 3.74. The first-order valence-corrected chi connectivity index (χ1v) is 12.3. The van der Waals surface area contributed by atoms with Gasteiger partial charge in [0.25, 0.3) is 5.91 Å². The molecular formula is C26H18ClF2N5O3S. The second-order valence-electron chi connectivity index (χ2n) is 7.98. The van der Waals surface area contributed by atoms with E-state index in [1.807, 2.05) is 6.92 Å². The second-order valence-corrected chi connectivity index (χ2v) is 9.39. The first-order chi connectivity index (χ1) is 18.3. The number of hydrogen-bond donors (Lipinski definition) is 1. The Hall–Kier alpha value is -4.22. The first-order valence-electron chi connectivity index (χ1n) is 11.1. The number of methoxy groups -OCH3 is 1. The largest absolute Gasteiger partial charge is 0.496 e. The lowest BCUT2D eigenvalue weighted by molar-refractivity contribution is -0.0498. The predicted molar refractivity (Wildman–Crippen MR) is 141 cm³/mol. The Labute approximate surface area is 224 Å². The van der Waals surface area contributed by atoms with E-state index in [1.165, 1.54) is 24.5 Å². The molecule has 0 atom stereocenters. The molecule has 0 aliphatic heterocycles. The summed E-state index contributed by atoms with van der Waals surface area (Å²) >= 11 is 7.37. The summed E-state index contributed by atoms with van der Waals surface area (Å²) in [5.74, 6) is 0.174. The predicted octanol–water partition coefficient (Wildman–Crippen LogP) is 6.64. The molecule has 0 bridgehead atoms. The van der Waals surface area contributed by atoms with Crippen LogP contribution in [0.1, 0.15) is 16.1 Å². The van der Waals surface area contributed by atoms with Gasteiger partial charge in [0.1, 0.15) is 11.5 Å². The molecule has 5 aromatic rings. The number of aromatic nitrogens is 4. The van der Waals surface area contributed by atoms with Gasteiger partial charge in [0.2, 0.25) is 0 Å². The maximum absolute atomic E-state index is 13.3. The van der Waals surface area contributed by atoms with Gasteiger partial charge in [-0.3, -0.25) is 15.1 Å². The summed E-state index contributed by atoms with van der Waals surface area (Å²) in [6.45, 7) is -1.08. The van der Waals surface area contributed by atoms with Crippen LogP contribution in [0.25, 0.3) is 32.9 Å². The van der Waals surface area contributed by atoms with Crippen molar-refractivity contribution in [2.45, 2.75) is 13.5 Å². The molecule has 0 radical (unpaired) electrons. The van der Waals surface area contributed by atoms with Crippen LogP contribution in [0, 0.1) is 6.92 Å². The van der Waals surface area contributed by atoms with Gasteiger partial charge in [-0.1, -0.05) is 22.9 Å². The Bertz CT molecular complexity index is 1650. The number of rotatable bonds is 7. The third-order valence-electron chi connectivity index (χ3n) is 5.46. The summed E-state index contributed by atoms with van der Waals surface area (Å²) in [6, 6.07) is 13.0. The highest BCUT2D eigenvalue weighted by Crippen LogP contribution is 2.35. The van der Waals surface area contributed by atoms with Crippen molar-refractivity contribution in [2.24, 2.45) is 0 Å². The van der Waals surface area contributed by atoms with Crippen LogP contribution in [-0.4, -0.2) is 39.6 Å². The maximum atomic E-state index is 13.3. The van der Waals surface area contributed by atoms with E-state index in [1.54, 1.807) is 43.5 Å². The molecule has 0 aliphatic rings. The number of halogens is 3. The Kier molecular flexibility index (Phi) is 7.12. The molecule has 3 aromatic heterocycles. The number of alkyl halides is 2. The minimum atomic E-state index is -2.90. The van der Waals surface area contributed by atoms with Gasteiger partial charge in [0.05, 0.1) is 24.6 Å². The third-order valence-corrected chi connectivity index (χ3v) is 6.54. The Morgan fingerprint density at radius 3 is 2.55 bits per heavy atom. The molecule has 0 saturated carbocycles. The van der Waals surface area contributed by atoms with Gasteiger partial charge in [0, 0.05) is 33.6 Å². The van der Waals surface area contributed by atoms with Gasteiger partial charge in [-0.25, -0.2) is 9.97 Å². The Morgan fingerprint density at radius 1 is 1.03 bits per heavy atom. The normalized spacial score (nSPS) is 11.1. The number of carbonyl (C=O) groups excluding carboxylic acids is 1. The zero-order valence-corrected chi connectivity index (χ0v) is 21.5. The number of anilines is 1. The van der Waals surface area contributed by atoms with Gasteiger partial charge >= 0.3 is 6.61 Å². The van der Waals surface area contributed by atoms with Crippen molar-refractivity contribution in [2.75, 3.05) is 12.4 Å². The topological polar surface area (TPSA) is 99.1 Å². The lowest BCUT2D eigenvalue weighted by Gasteiger charge is -2.13. The number of hydrogen-bond acceptors (Lipinski definition) is 8. The number of amides is 1. The molecular weight excluding hydrogens is 536 g/mol. The minimum Gasteiger partial charge on any atom is -0.496 e. The van der Waals surface area contributed by atoms with Crippen LogP contribution in [0.3, 0.4) is 0 Å². The lowest BCUT2D eigenvalue weighted by atomic mass is 9.99. The van der Waals surface area contributed by atoms with E-state index in [-0.39, 0.29) is 5.75 Å². The fraction of sp³-hybridized carbons (Fsp3) is 0.115. The SMILES string of the molecule is COc1ccc(Cl)cc1-c1cc(C)ncc1C(=O)Nc1nc2ncc(-c3ccc(OC(F)F)cc3)nc2s1. The molecule has 38 heavy (non-hydrogen) atoms. The molecule has 0 saturated heterocycles. The molecule has 0 aliphatic carbocycles. The Morgan fingerprint density at radius 2 is 1.82 bits per heavy atom. The standard InChI is InChI=1S/C26H18ClF2N5O3S/c1-13-9-17(18-10-15(27)5-8-21(18)36-2)19(11-30-13)23(35)34-26-33-22-24(38-26)32-20(12-31-22)14-3-6-16(7-4-14)37-25(28)29/h3-12,25H,1-2H3,(H,31,33,34,35). The molecule has 12 heteroatoms. The molecule has 5 rings (SSSR count). The number of thiazole rings is 1.